The number of aliphatic carboxylic acids is 1. The summed E-state index contributed by atoms with van der Waals surface area (Å²) >= 11 is 0. The van der Waals surface area contributed by atoms with Gasteiger partial charge in [-0.15, -0.1) is 0 Å². The van der Waals surface area contributed by atoms with E-state index in [2.05, 4.69) is 21.5 Å². The molecule has 11 nitrogen and oxygen atoms in total. The lowest BCUT2D eigenvalue weighted by atomic mass is 10.1. The minimum absolute atomic E-state index is 0.154. The largest absolute Gasteiger partial charge is 0.480 e. The number of rotatable bonds is 5. The van der Waals surface area contributed by atoms with E-state index in [-0.39, 0.29) is 42.9 Å². The number of hydrogen-bond donors (Lipinski definition) is 2. The molecule has 4 rings (SSSR count). The van der Waals surface area contributed by atoms with Crippen LogP contribution in [0.15, 0.2) is 21.9 Å². The SMILES string of the molecule is C=c1nc2c(c(=O)[nH]1)=Nc1cc(C)c(C)cc1N2CCN1CC(=O)N(CC(=O)O)CC1=O. The van der Waals surface area contributed by atoms with Crippen molar-refractivity contribution in [2.75, 3.05) is 37.6 Å². The molecule has 0 atom stereocenters. The number of amides is 2. The van der Waals surface area contributed by atoms with Gasteiger partial charge < -0.3 is 24.8 Å². The molecule has 166 valence electrons. The van der Waals surface area contributed by atoms with Crippen molar-refractivity contribution in [3.63, 3.8) is 0 Å². The lowest BCUT2D eigenvalue weighted by molar-refractivity contribution is -0.154. The van der Waals surface area contributed by atoms with Crippen LogP contribution in [0.25, 0.3) is 6.58 Å². The predicted molar refractivity (Wildman–Crippen MR) is 115 cm³/mol. The Morgan fingerprint density at radius 1 is 1.09 bits per heavy atom. The Morgan fingerprint density at radius 3 is 2.47 bits per heavy atom. The molecule has 2 aliphatic rings. The van der Waals surface area contributed by atoms with E-state index in [1.807, 2.05) is 26.0 Å². The molecule has 1 fully saturated rings. The number of piperazine rings is 1. The highest BCUT2D eigenvalue weighted by molar-refractivity contribution is 5.94. The smallest absolute Gasteiger partial charge is 0.323 e. The van der Waals surface area contributed by atoms with Crippen LogP contribution in [-0.2, 0) is 14.4 Å². The van der Waals surface area contributed by atoms with E-state index in [1.165, 1.54) is 4.90 Å². The number of nitrogens with zero attached hydrogens (tertiary/aromatic N) is 5. The number of fused-ring (bicyclic) bond motifs is 2. The number of carbonyl (C=O) groups excluding carboxylic acids is 2. The van der Waals surface area contributed by atoms with E-state index >= 15 is 0 Å². The van der Waals surface area contributed by atoms with Gasteiger partial charge in [0, 0.05) is 13.1 Å². The minimum atomic E-state index is -1.17. The lowest BCUT2D eigenvalue weighted by Gasteiger charge is -2.35. The Balaban J connectivity index is 1.65. The van der Waals surface area contributed by atoms with Crippen LogP contribution in [0.2, 0.25) is 0 Å². The zero-order valence-electron chi connectivity index (χ0n) is 17.7. The zero-order valence-corrected chi connectivity index (χ0v) is 17.7. The Bertz CT molecular complexity index is 1320. The van der Waals surface area contributed by atoms with Gasteiger partial charge in [0.15, 0.2) is 11.2 Å². The van der Waals surface area contributed by atoms with E-state index < -0.39 is 24.0 Å². The molecular weight excluding hydrogens is 416 g/mol. The van der Waals surface area contributed by atoms with Gasteiger partial charge in [0.1, 0.15) is 18.6 Å². The number of aromatic amines is 1. The summed E-state index contributed by atoms with van der Waals surface area (Å²) in [7, 11) is 0. The molecule has 32 heavy (non-hydrogen) atoms. The number of anilines is 2. The van der Waals surface area contributed by atoms with Crippen molar-refractivity contribution in [2.45, 2.75) is 13.8 Å². The molecule has 0 spiro atoms. The summed E-state index contributed by atoms with van der Waals surface area (Å²) in [6.45, 7) is 7.07. The maximum Gasteiger partial charge on any atom is 0.323 e. The predicted octanol–water partition coefficient (Wildman–Crippen LogP) is -1.04. The van der Waals surface area contributed by atoms with Crippen molar-refractivity contribution in [1.29, 1.82) is 0 Å². The number of carboxylic acids is 1. The maximum absolute atomic E-state index is 12.5. The summed E-state index contributed by atoms with van der Waals surface area (Å²) in [6, 6.07) is 3.83. The normalized spacial score (nSPS) is 15.4. The summed E-state index contributed by atoms with van der Waals surface area (Å²) in [4.78, 5) is 63.8. The van der Waals surface area contributed by atoms with E-state index in [0.29, 0.717) is 11.5 Å². The Hall–Kier alpha value is -4.02. The first-order chi connectivity index (χ1) is 15.1. The van der Waals surface area contributed by atoms with Gasteiger partial charge >= 0.3 is 5.97 Å². The van der Waals surface area contributed by atoms with Crippen LogP contribution in [0.4, 0.5) is 17.2 Å². The molecule has 0 unspecified atom stereocenters. The molecule has 1 aromatic heterocycles. The Morgan fingerprint density at radius 2 is 1.75 bits per heavy atom. The van der Waals surface area contributed by atoms with Gasteiger partial charge in [0.25, 0.3) is 5.56 Å². The summed E-state index contributed by atoms with van der Waals surface area (Å²) in [5.74, 6) is -1.61. The van der Waals surface area contributed by atoms with Gasteiger partial charge in [-0.2, -0.15) is 0 Å². The summed E-state index contributed by atoms with van der Waals surface area (Å²) in [6.07, 6.45) is 0. The van der Waals surface area contributed by atoms with E-state index in [4.69, 9.17) is 5.11 Å². The van der Waals surface area contributed by atoms with Crippen molar-refractivity contribution in [3.05, 3.63) is 44.5 Å². The lowest BCUT2D eigenvalue weighted by Crippen LogP contribution is -2.56. The fourth-order valence-corrected chi connectivity index (χ4v) is 3.78. The van der Waals surface area contributed by atoms with Crippen LogP contribution in [0, 0.1) is 13.8 Å². The molecule has 3 heterocycles. The first-order valence-electron chi connectivity index (χ1n) is 9.98. The van der Waals surface area contributed by atoms with Crippen molar-refractivity contribution in [2.24, 2.45) is 4.99 Å². The van der Waals surface area contributed by atoms with E-state index in [1.54, 1.807) is 4.90 Å². The molecule has 2 aromatic rings. The number of benzene rings is 1. The maximum atomic E-state index is 12.5. The van der Waals surface area contributed by atoms with Gasteiger partial charge in [-0.3, -0.25) is 19.2 Å². The molecule has 1 aromatic carbocycles. The highest BCUT2D eigenvalue weighted by Crippen LogP contribution is 2.36. The van der Waals surface area contributed by atoms with Crippen LogP contribution in [-0.4, -0.2) is 75.4 Å². The van der Waals surface area contributed by atoms with E-state index in [0.717, 1.165) is 21.7 Å². The van der Waals surface area contributed by atoms with Crippen LogP contribution >= 0.6 is 0 Å². The minimum Gasteiger partial charge on any atom is -0.480 e. The monoisotopic (exact) mass is 438 g/mol. The number of aromatic nitrogens is 2. The average molecular weight is 438 g/mol. The highest BCUT2D eigenvalue weighted by atomic mass is 16.4. The average Bonchev–Trinajstić information content (AvgIpc) is 2.70. The van der Waals surface area contributed by atoms with Crippen LogP contribution in [0.3, 0.4) is 0 Å². The number of carboxylic acid groups (broad SMARTS) is 1. The van der Waals surface area contributed by atoms with Crippen LogP contribution < -0.4 is 21.3 Å². The van der Waals surface area contributed by atoms with Gasteiger partial charge in [-0.1, -0.05) is 6.58 Å². The molecule has 0 saturated carbocycles. The number of hydrogen-bond acceptors (Lipinski definition) is 7. The third-order valence-electron chi connectivity index (χ3n) is 5.57. The van der Waals surface area contributed by atoms with Crippen LogP contribution in [0.5, 0.6) is 0 Å². The quantitative estimate of drug-likeness (QED) is 0.608. The summed E-state index contributed by atoms with van der Waals surface area (Å²) < 4.78 is 0. The first kappa shape index (κ1) is 21.2. The topological polar surface area (TPSA) is 139 Å². The number of carbonyl (C=O) groups is 3. The molecule has 11 heteroatoms. The van der Waals surface area contributed by atoms with Gasteiger partial charge in [-0.05, 0) is 37.1 Å². The standard InChI is InChI=1S/C21H22N6O5/c1-11-6-14-15(7-12(11)2)27(20-19(24-14)21(32)23-13(3)22-20)5-4-25-8-17(29)26(9-16(25)28)10-18(30)31/h6-7H,3-5,8-10H2,1-2H3,(H,23,32)(H,30,31). The fourth-order valence-electron chi connectivity index (χ4n) is 3.78. The van der Waals surface area contributed by atoms with Gasteiger partial charge in [-0.25, -0.2) is 9.98 Å². The third kappa shape index (κ3) is 3.84. The van der Waals surface area contributed by atoms with Crippen molar-refractivity contribution >= 4 is 41.6 Å². The van der Waals surface area contributed by atoms with Crippen LogP contribution in [0.1, 0.15) is 11.1 Å². The number of H-pyrrole nitrogens is 1. The highest BCUT2D eigenvalue weighted by Gasteiger charge is 2.32. The third-order valence-corrected chi connectivity index (χ3v) is 5.57. The molecular formula is C21H22N6O5. The first-order valence-corrected chi connectivity index (χ1v) is 9.98. The Labute approximate surface area is 182 Å². The second-order valence-corrected chi connectivity index (χ2v) is 7.83. The molecule has 0 radical (unpaired) electrons. The summed E-state index contributed by atoms with van der Waals surface area (Å²) in [5, 5.41) is 9.06. The second-order valence-electron chi connectivity index (χ2n) is 7.83. The number of aryl methyl sites for hydroxylation is 2. The second kappa shape index (κ2) is 7.91. The molecule has 0 bridgehead atoms. The summed E-state index contributed by atoms with van der Waals surface area (Å²) in [5.41, 5.74) is 3.17. The van der Waals surface area contributed by atoms with Crippen molar-refractivity contribution < 1.29 is 19.5 Å². The molecule has 2 amide bonds. The number of nitrogens with one attached hydrogen (secondary N) is 1. The molecule has 0 aliphatic carbocycles. The molecule has 2 aliphatic heterocycles. The van der Waals surface area contributed by atoms with E-state index in [9.17, 15) is 19.2 Å². The van der Waals surface area contributed by atoms with Gasteiger partial charge in [0.2, 0.25) is 11.8 Å². The van der Waals surface area contributed by atoms with Crippen molar-refractivity contribution in [3.8, 4) is 0 Å². The zero-order chi connectivity index (χ0) is 23.2. The van der Waals surface area contributed by atoms with Gasteiger partial charge in [0.05, 0.1) is 17.9 Å². The molecule has 1 saturated heterocycles. The molecule has 2 N–H and O–H groups in total. The van der Waals surface area contributed by atoms with Crippen molar-refractivity contribution in [1.82, 2.24) is 19.8 Å². The Kier molecular flexibility index (Phi) is 5.25. The fraction of sp³-hybridized carbons (Fsp3) is 0.333.